The Labute approximate surface area is 248 Å². The Morgan fingerprint density at radius 3 is 2.29 bits per heavy atom. The predicted molar refractivity (Wildman–Crippen MR) is 165 cm³/mol. The van der Waals surface area contributed by atoms with E-state index in [2.05, 4.69) is 16.0 Å². The zero-order valence-electron chi connectivity index (χ0n) is 23.1. The summed E-state index contributed by atoms with van der Waals surface area (Å²) < 4.78 is 19.2. The maximum absolute atomic E-state index is 14.0. The Hall–Kier alpha value is -4.89. The fraction of sp³-hybridized carbons (Fsp3) is 0.121. The molecular formula is C33H30FN3O4S. The number of anilines is 2. The number of hydrogen-bond acceptors (Lipinski definition) is 5. The molecule has 4 aromatic rings. The average molecular weight is 584 g/mol. The topological polar surface area (TPSA) is 96.5 Å². The van der Waals surface area contributed by atoms with Crippen molar-refractivity contribution < 1.29 is 23.5 Å². The molecule has 0 heterocycles. The lowest BCUT2D eigenvalue weighted by atomic mass is 10.1. The summed E-state index contributed by atoms with van der Waals surface area (Å²) in [5.74, 6) is -1.12. The lowest BCUT2D eigenvalue weighted by Gasteiger charge is -2.16. The van der Waals surface area contributed by atoms with E-state index in [4.69, 9.17) is 4.74 Å². The van der Waals surface area contributed by atoms with E-state index in [1.165, 1.54) is 23.9 Å². The van der Waals surface area contributed by atoms with Gasteiger partial charge in [-0.25, -0.2) is 4.39 Å². The van der Waals surface area contributed by atoms with E-state index in [-0.39, 0.29) is 17.3 Å². The Kier molecular flexibility index (Phi) is 10.5. The molecule has 0 bridgehead atoms. The van der Waals surface area contributed by atoms with Crippen molar-refractivity contribution in [3.63, 3.8) is 0 Å². The first-order valence-electron chi connectivity index (χ1n) is 13.2. The number of rotatable bonds is 11. The van der Waals surface area contributed by atoms with Crippen LogP contribution in [-0.4, -0.2) is 30.1 Å². The molecular weight excluding hydrogens is 553 g/mol. The van der Waals surface area contributed by atoms with E-state index in [9.17, 15) is 18.8 Å². The van der Waals surface area contributed by atoms with Gasteiger partial charge in [0.1, 0.15) is 17.3 Å². The second-order valence-corrected chi connectivity index (χ2v) is 10.4. The lowest BCUT2D eigenvalue weighted by molar-refractivity contribution is -0.116. The second-order valence-electron chi connectivity index (χ2n) is 9.12. The van der Waals surface area contributed by atoms with Crippen molar-refractivity contribution in [2.75, 3.05) is 17.7 Å². The van der Waals surface area contributed by atoms with Crippen LogP contribution in [0.1, 0.15) is 29.3 Å². The van der Waals surface area contributed by atoms with Gasteiger partial charge in [0.15, 0.2) is 0 Å². The molecule has 0 aliphatic heterocycles. The van der Waals surface area contributed by atoms with Crippen molar-refractivity contribution in [1.29, 1.82) is 0 Å². The molecule has 42 heavy (non-hydrogen) atoms. The molecule has 0 saturated carbocycles. The zero-order valence-corrected chi connectivity index (χ0v) is 23.9. The molecule has 0 radical (unpaired) electrons. The van der Waals surface area contributed by atoms with E-state index in [1.54, 1.807) is 98.1 Å². The van der Waals surface area contributed by atoms with Gasteiger partial charge in [-0.05, 0) is 72.7 Å². The standard InChI is InChI=1S/C33H30FN3O4S/c1-3-30(33(40)36-28-15-8-7-14-27(28)34)42-26-13-9-12-24(21-26)35-32(39)29(20-22-16-18-25(41-2)19-17-22)37-31(38)23-10-5-4-6-11-23/h4-21,30H,3H2,1-2H3,(H,35,39)(H,36,40)(H,37,38)/b29-20+. The zero-order chi connectivity index (χ0) is 29.9. The number of ether oxygens (including phenoxy) is 1. The summed E-state index contributed by atoms with van der Waals surface area (Å²) in [5.41, 5.74) is 1.73. The van der Waals surface area contributed by atoms with Crippen LogP contribution in [0, 0.1) is 5.82 Å². The maximum Gasteiger partial charge on any atom is 0.272 e. The normalized spacial score (nSPS) is 11.7. The molecule has 0 saturated heterocycles. The van der Waals surface area contributed by atoms with Gasteiger partial charge in [-0.15, -0.1) is 11.8 Å². The first-order valence-corrected chi connectivity index (χ1v) is 14.1. The van der Waals surface area contributed by atoms with E-state index in [0.29, 0.717) is 29.0 Å². The molecule has 4 rings (SSSR count). The fourth-order valence-corrected chi connectivity index (χ4v) is 4.93. The Bertz CT molecular complexity index is 1580. The van der Waals surface area contributed by atoms with Gasteiger partial charge < -0.3 is 20.7 Å². The van der Waals surface area contributed by atoms with Crippen molar-refractivity contribution in [3.05, 3.63) is 126 Å². The third-order valence-corrected chi connectivity index (χ3v) is 7.48. The second kappa shape index (κ2) is 14.7. The molecule has 0 aliphatic carbocycles. The Morgan fingerprint density at radius 2 is 1.60 bits per heavy atom. The number of nitrogens with one attached hydrogen (secondary N) is 3. The smallest absolute Gasteiger partial charge is 0.272 e. The van der Waals surface area contributed by atoms with E-state index < -0.39 is 22.9 Å². The maximum atomic E-state index is 14.0. The van der Waals surface area contributed by atoms with E-state index in [0.717, 1.165) is 4.90 Å². The van der Waals surface area contributed by atoms with Gasteiger partial charge in [0.2, 0.25) is 5.91 Å². The Morgan fingerprint density at radius 1 is 0.881 bits per heavy atom. The number of amides is 3. The predicted octanol–water partition coefficient (Wildman–Crippen LogP) is 6.75. The van der Waals surface area contributed by atoms with Gasteiger partial charge in [-0.2, -0.15) is 0 Å². The van der Waals surface area contributed by atoms with Crippen LogP contribution in [0.25, 0.3) is 6.08 Å². The minimum Gasteiger partial charge on any atom is -0.497 e. The highest BCUT2D eigenvalue weighted by atomic mass is 32.2. The van der Waals surface area contributed by atoms with Crippen molar-refractivity contribution >= 4 is 46.9 Å². The minimum atomic E-state index is -0.526. The molecule has 9 heteroatoms. The molecule has 3 amide bonds. The average Bonchev–Trinajstić information content (AvgIpc) is 3.01. The number of benzene rings is 4. The molecule has 4 aromatic carbocycles. The van der Waals surface area contributed by atoms with E-state index in [1.807, 2.05) is 13.0 Å². The van der Waals surface area contributed by atoms with Crippen LogP contribution < -0.4 is 20.7 Å². The third kappa shape index (κ3) is 8.31. The number of hydrogen-bond donors (Lipinski definition) is 3. The van der Waals surface area contributed by atoms with Crippen LogP contribution in [0.15, 0.2) is 114 Å². The summed E-state index contributed by atoms with van der Waals surface area (Å²) in [6.07, 6.45) is 2.08. The first kappa shape index (κ1) is 30.1. The molecule has 0 fully saturated rings. The summed E-state index contributed by atoms with van der Waals surface area (Å²) in [7, 11) is 1.56. The van der Waals surface area contributed by atoms with Gasteiger partial charge in [0.05, 0.1) is 18.0 Å². The number of thioether (sulfide) groups is 1. The van der Waals surface area contributed by atoms with Gasteiger partial charge in [-0.1, -0.05) is 55.5 Å². The van der Waals surface area contributed by atoms with Gasteiger partial charge in [0, 0.05) is 16.1 Å². The first-order chi connectivity index (χ1) is 20.4. The molecule has 0 spiro atoms. The molecule has 3 N–H and O–H groups in total. The van der Waals surface area contributed by atoms with Crippen LogP contribution in [0.4, 0.5) is 15.8 Å². The number of methoxy groups -OCH3 is 1. The highest BCUT2D eigenvalue weighted by molar-refractivity contribution is 8.00. The van der Waals surface area contributed by atoms with Crippen LogP contribution in [0.5, 0.6) is 5.75 Å². The molecule has 0 aliphatic rings. The van der Waals surface area contributed by atoms with Crippen molar-refractivity contribution in [2.45, 2.75) is 23.5 Å². The summed E-state index contributed by atoms with van der Waals surface area (Å²) in [6, 6.07) is 28.7. The minimum absolute atomic E-state index is 0.0442. The molecule has 7 nitrogen and oxygen atoms in total. The van der Waals surface area contributed by atoms with Crippen molar-refractivity contribution in [3.8, 4) is 5.75 Å². The molecule has 0 aromatic heterocycles. The van der Waals surface area contributed by atoms with Gasteiger partial charge >= 0.3 is 0 Å². The van der Waals surface area contributed by atoms with E-state index >= 15 is 0 Å². The third-order valence-electron chi connectivity index (χ3n) is 6.12. The van der Waals surface area contributed by atoms with Crippen molar-refractivity contribution in [1.82, 2.24) is 5.32 Å². The number of carbonyl (C=O) groups excluding carboxylic acids is 3. The summed E-state index contributed by atoms with van der Waals surface area (Å²) in [4.78, 5) is 39.9. The van der Waals surface area contributed by atoms with Crippen molar-refractivity contribution in [2.24, 2.45) is 0 Å². The molecule has 214 valence electrons. The van der Waals surface area contributed by atoms with Gasteiger partial charge in [-0.3, -0.25) is 14.4 Å². The largest absolute Gasteiger partial charge is 0.497 e. The van der Waals surface area contributed by atoms with Crippen LogP contribution >= 0.6 is 11.8 Å². The summed E-state index contributed by atoms with van der Waals surface area (Å²) in [5, 5.41) is 7.71. The highest BCUT2D eigenvalue weighted by Crippen LogP contribution is 2.29. The summed E-state index contributed by atoms with van der Waals surface area (Å²) in [6.45, 7) is 1.87. The lowest BCUT2D eigenvalue weighted by Crippen LogP contribution is -2.30. The Balaban J connectivity index is 1.51. The van der Waals surface area contributed by atoms with Crippen LogP contribution in [0.3, 0.4) is 0 Å². The fourth-order valence-electron chi connectivity index (χ4n) is 3.92. The van der Waals surface area contributed by atoms with Crippen LogP contribution in [-0.2, 0) is 9.59 Å². The van der Waals surface area contributed by atoms with Gasteiger partial charge in [0.25, 0.3) is 11.8 Å². The molecule has 1 unspecified atom stereocenters. The van der Waals surface area contributed by atoms with Crippen LogP contribution in [0.2, 0.25) is 0 Å². The monoisotopic (exact) mass is 583 g/mol. The summed E-state index contributed by atoms with van der Waals surface area (Å²) >= 11 is 1.30. The molecule has 1 atom stereocenters. The highest BCUT2D eigenvalue weighted by Gasteiger charge is 2.20. The quantitative estimate of drug-likeness (QED) is 0.134. The SMILES string of the molecule is CCC(Sc1cccc(NC(=O)/C(=C\c2ccc(OC)cc2)NC(=O)c2ccccc2)c1)C(=O)Nc1ccccc1F. The number of halogens is 1. The number of para-hydroxylation sites is 1. The number of carbonyl (C=O) groups is 3.